The molecule has 1 aromatic rings. The Kier molecular flexibility index (Phi) is 6.11. The van der Waals surface area contributed by atoms with Crippen LogP contribution in [0.25, 0.3) is 0 Å². The molecule has 3 nitrogen and oxygen atoms in total. The molecule has 0 radical (unpaired) electrons. The van der Waals surface area contributed by atoms with Gasteiger partial charge in [0, 0.05) is 29.9 Å². The van der Waals surface area contributed by atoms with E-state index in [-0.39, 0.29) is 24.0 Å². The molecule has 5 heteroatoms. The molecule has 0 saturated carbocycles. The van der Waals surface area contributed by atoms with Crippen LogP contribution in [-0.2, 0) is 6.54 Å². The Bertz CT molecular complexity index is 440. The van der Waals surface area contributed by atoms with Crippen molar-refractivity contribution in [2.24, 2.45) is 10.4 Å². The molecular weight excluding hydrogens is 369 g/mol. The molecule has 1 aliphatic rings. The summed E-state index contributed by atoms with van der Waals surface area (Å²) < 4.78 is 0. The zero-order valence-corrected chi connectivity index (χ0v) is 15.3. The van der Waals surface area contributed by atoms with Crippen molar-refractivity contribution < 1.29 is 0 Å². The van der Waals surface area contributed by atoms with E-state index in [1.54, 1.807) is 0 Å². The minimum Gasteiger partial charge on any atom is -0.351 e. The third kappa shape index (κ3) is 4.63. The molecule has 1 aliphatic heterocycles. The molecule has 0 bridgehead atoms. The second kappa shape index (κ2) is 6.92. The molecule has 1 aromatic heterocycles. The Morgan fingerprint density at radius 3 is 2.68 bits per heavy atom. The van der Waals surface area contributed by atoms with E-state index in [0.29, 0.717) is 5.41 Å². The van der Waals surface area contributed by atoms with E-state index < -0.39 is 0 Å². The van der Waals surface area contributed by atoms with Gasteiger partial charge in [0.2, 0.25) is 0 Å². The highest BCUT2D eigenvalue weighted by Gasteiger charge is 2.30. The normalized spacial score (nSPS) is 18.3. The number of guanidine groups is 1. The second-order valence-corrected chi connectivity index (χ2v) is 7.12. The molecule has 0 atom stereocenters. The maximum absolute atomic E-state index is 4.39. The number of likely N-dealkylation sites (tertiary alicyclic amines) is 1. The fraction of sp³-hybridized carbons (Fsp3) is 0.643. The number of nitrogens with zero attached hydrogens (tertiary/aromatic N) is 2. The van der Waals surface area contributed by atoms with Gasteiger partial charge in [0.1, 0.15) is 0 Å². The molecule has 1 N–H and O–H groups in total. The Labute approximate surface area is 137 Å². The van der Waals surface area contributed by atoms with E-state index in [4.69, 9.17) is 0 Å². The Morgan fingerprint density at radius 2 is 2.21 bits per heavy atom. The van der Waals surface area contributed by atoms with Crippen molar-refractivity contribution in [3.63, 3.8) is 0 Å². The average molecular weight is 393 g/mol. The molecule has 0 unspecified atom stereocenters. The number of thiophene rings is 1. The largest absolute Gasteiger partial charge is 0.351 e. The zero-order chi connectivity index (χ0) is 13.2. The fourth-order valence-corrected chi connectivity index (χ4v) is 3.20. The van der Waals surface area contributed by atoms with Crippen LogP contribution >= 0.6 is 35.3 Å². The minimum absolute atomic E-state index is 0. The first-order chi connectivity index (χ1) is 8.50. The Morgan fingerprint density at radius 1 is 1.47 bits per heavy atom. The number of hydrogen-bond acceptors (Lipinski definition) is 2. The smallest absolute Gasteiger partial charge is 0.193 e. The van der Waals surface area contributed by atoms with Crippen molar-refractivity contribution in [1.29, 1.82) is 0 Å². The third-order valence-electron chi connectivity index (χ3n) is 3.41. The van der Waals surface area contributed by atoms with E-state index in [9.17, 15) is 0 Å². The zero-order valence-electron chi connectivity index (χ0n) is 12.2. The quantitative estimate of drug-likeness (QED) is 0.473. The summed E-state index contributed by atoms with van der Waals surface area (Å²) in [6.07, 6.45) is 1.24. The van der Waals surface area contributed by atoms with Crippen molar-refractivity contribution in [3.05, 3.63) is 21.9 Å². The van der Waals surface area contributed by atoms with Gasteiger partial charge in [0.15, 0.2) is 5.96 Å². The summed E-state index contributed by atoms with van der Waals surface area (Å²) in [6.45, 7) is 9.87. The van der Waals surface area contributed by atoms with Crippen LogP contribution in [0.4, 0.5) is 0 Å². The summed E-state index contributed by atoms with van der Waals surface area (Å²) in [6, 6.07) is 4.36. The van der Waals surface area contributed by atoms with E-state index in [1.165, 1.54) is 16.2 Å². The molecule has 0 spiro atoms. The molecule has 1 fully saturated rings. The van der Waals surface area contributed by atoms with Gasteiger partial charge in [-0.2, -0.15) is 0 Å². The summed E-state index contributed by atoms with van der Waals surface area (Å²) >= 11 is 1.85. The first-order valence-electron chi connectivity index (χ1n) is 6.51. The van der Waals surface area contributed by atoms with Crippen LogP contribution in [0.5, 0.6) is 0 Å². The lowest BCUT2D eigenvalue weighted by Gasteiger charge is -2.23. The molecule has 2 rings (SSSR count). The molecule has 0 aliphatic carbocycles. The molecule has 2 heterocycles. The van der Waals surface area contributed by atoms with Crippen molar-refractivity contribution in [2.75, 3.05) is 20.1 Å². The lowest BCUT2D eigenvalue weighted by molar-refractivity contribution is 0.370. The summed E-state index contributed by atoms with van der Waals surface area (Å²) in [5, 5.41) is 3.47. The molecule has 1 saturated heterocycles. The SMILES string of the molecule is CN=C(NCc1ccc(C)s1)N1CCC(C)(C)C1.I. The summed E-state index contributed by atoms with van der Waals surface area (Å²) in [5.74, 6) is 1.03. The predicted octanol–water partition coefficient (Wildman–Crippen LogP) is 3.48. The van der Waals surface area contributed by atoms with Gasteiger partial charge < -0.3 is 10.2 Å². The van der Waals surface area contributed by atoms with Crippen LogP contribution in [0.15, 0.2) is 17.1 Å². The van der Waals surface area contributed by atoms with Crippen LogP contribution in [0.3, 0.4) is 0 Å². The number of aliphatic imine (C=N–C) groups is 1. The number of nitrogens with one attached hydrogen (secondary N) is 1. The predicted molar refractivity (Wildman–Crippen MR) is 94.6 cm³/mol. The summed E-state index contributed by atoms with van der Waals surface area (Å²) in [5.41, 5.74) is 0.414. The van der Waals surface area contributed by atoms with Crippen molar-refractivity contribution >= 4 is 41.3 Å². The summed E-state index contributed by atoms with van der Waals surface area (Å²) in [7, 11) is 1.87. The second-order valence-electron chi connectivity index (χ2n) is 5.75. The Balaban J connectivity index is 0.00000180. The van der Waals surface area contributed by atoms with Crippen molar-refractivity contribution in [1.82, 2.24) is 10.2 Å². The lowest BCUT2D eigenvalue weighted by atomic mass is 9.93. The maximum atomic E-state index is 4.39. The van der Waals surface area contributed by atoms with Crippen LogP contribution in [0.2, 0.25) is 0 Å². The van der Waals surface area contributed by atoms with E-state index in [1.807, 2.05) is 18.4 Å². The van der Waals surface area contributed by atoms with Gasteiger partial charge in [-0.05, 0) is 30.9 Å². The third-order valence-corrected chi connectivity index (χ3v) is 4.41. The van der Waals surface area contributed by atoms with Crippen molar-refractivity contribution in [3.8, 4) is 0 Å². The van der Waals surface area contributed by atoms with Crippen LogP contribution in [-0.4, -0.2) is 31.0 Å². The molecule has 0 amide bonds. The van der Waals surface area contributed by atoms with Crippen molar-refractivity contribution in [2.45, 2.75) is 33.7 Å². The topological polar surface area (TPSA) is 27.6 Å². The average Bonchev–Trinajstić information content (AvgIpc) is 2.86. The van der Waals surface area contributed by atoms with E-state index in [0.717, 1.165) is 25.6 Å². The van der Waals surface area contributed by atoms with Gasteiger partial charge in [-0.25, -0.2) is 0 Å². The fourth-order valence-electron chi connectivity index (χ4n) is 2.37. The Hall–Kier alpha value is -0.300. The minimum atomic E-state index is 0. The van der Waals surface area contributed by atoms with Gasteiger partial charge in [-0.3, -0.25) is 4.99 Å². The maximum Gasteiger partial charge on any atom is 0.193 e. The number of halogens is 1. The standard InChI is InChI=1S/C14H23N3S.HI/c1-11-5-6-12(18-11)9-16-13(15-4)17-8-7-14(2,3)10-17;/h5-6H,7-10H2,1-4H3,(H,15,16);1H. The van der Waals surface area contributed by atoms with Gasteiger partial charge >= 0.3 is 0 Å². The molecule has 0 aromatic carbocycles. The number of aryl methyl sites for hydroxylation is 1. The van der Waals surface area contributed by atoms with Gasteiger partial charge in [-0.15, -0.1) is 35.3 Å². The van der Waals surface area contributed by atoms with Crippen LogP contribution in [0, 0.1) is 12.3 Å². The molecular formula is C14H24IN3S. The summed E-state index contributed by atoms with van der Waals surface area (Å²) in [4.78, 5) is 9.49. The lowest BCUT2D eigenvalue weighted by Crippen LogP contribution is -2.40. The van der Waals surface area contributed by atoms with Crippen LogP contribution < -0.4 is 5.32 Å². The van der Waals surface area contributed by atoms with Gasteiger partial charge in [-0.1, -0.05) is 13.8 Å². The first kappa shape index (κ1) is 16.8. The van der Waals surface area contributed by atoms with Crippen LogP contribution in [0.1, 0.15) is 30.0 Å². The van der Waals surface area contributed by atoms with Gasteiger partial charge in [0.25, 0.3) is 0 Å². The molecule has 108 valence electrons. The first-order valence-corrected chi connectivity index (χ1v) is 7.33. The highest BCUT2D eigenvalue weighted by Crippen LogP contribution is 2.28. The monoisotopic (exact) mass is 393 g/mol. The molecule has 19 heavy (non-hydrogen) atoms. The van der Waals surface area contributed by atoms with Gasteiger partial charge in [0.05, 0.1) is 6.54 Å². The number of hydrogen-bond donors (Lipinski definition) is 1. The highest BCUT2D eigenvalue weighted by atomic mass is 127. The van der Waals surface area contributed by atoms with E-state index in [2.05, 4.69) is 48.1 Å². The van der Waals surface area contributed by atoms with E-state index >= 15 is 0 Å². The highest BCUT2D eigenvalue weighted by molar-refractivity contribution is 14.0. The number of rotatable bonds is 2.